The lowest BCUT2D eigenvalue weighted by molar-refractivity contribution is -0.192. The Morgan fingerprint density at radius 1 is 1.14 bits per heavy atom. The number of alkyl halides is 3. The molecule has 3 aliphatic heterocycles. The fourth-order valence-corrected chi connectivity index (χ4v) is 5.75. The predicted molar refractivity (Wildman–Crippen MR) is 114 cm³/mol. The molecule has 2 bridgehead atoms. The molecule has 4 fully saturated rings. The third-order valence-corrected chi connectivity index (χ3v) is 7.46. The highest BCUT2D eigenvalue weighted by atomic mass is 19.4. The standard InChI is InChI=1S/C21H25N5O2.C2HF3O2/c22-10-17-6-13-9-18(13)26(17)21(28)19(23)14-7-15-3-4-16(8-14)25(15)20(27)12-2-1-5-24-11-12;3-2(4,5)1(6)7/h1-2,5,11,13-19H,3-4,6-9,23H2;(H,6,7)/t13-,14?,15?,16?,17+,18+,19+;/m1./s1. The van der Waals surface area contributed by atoms with Crippen LogP contribution in [-0.4, -0.2) is 74.1 Å². The van der Waals surface area contributed by atoms with Gasteiger partial charge in [0.25, 0.3) is 5.91 Å². The summed E-state index contributed by atoms with van der Waals surface area (Å²) >= 11 is 0. The molecule has 4 aliphatic rings. The molecule has 3 saturated heterocycles. The van der Waals surface area contributed by atoms with Crippen molar-refractivity contribution in [2.24, 2.45) is 17.6 Å². The van der Waals surface area contributed by atoms with Gasteiger partial charge in [-0.1, -0.05) is 0 Å². The Kier molecular flexibility index (Phi) is 6.73. The van der Waals surface area contributed by atoms with E-state index in [1.54, 1.807) is 29.4 Å². The molecule has 1 saturated carbocycles. The van der Waals surface area contributed by atoms with Gasteiger partial charge in [0.1, 0.15) is 6.04 Å². The normalized spacial score (nSPS) is 31.5. The number of pyridine rings is 1. The second-order valence-corrected chi connectivity index (χ2v) is 9.59. The summed E-state index contributed by atoms with van der Waals surface area (Å²) < 4.78 is 31.7. The van der Waals surface area contributed by atoms with Crippen LogP contribution in [0.1, 0.15) is 48.9 Å². The number of carbonyl (C=O) groups excluding carboxylic acids is 2. The maximum Gasteiger partial charge on any atom is 0.490 e. The fourth-order valence-electron chi connectivity index (χ4n) is 5.75. The molecular formula is C23H26F3N5O4. The van der Waals surface area contributed by atoms with Gasteiger partial charge in [-0.3, -0.25) is 14.6 Å². The number of nitrogens with zero attached hydrogens (tertiary/aromatic N) is 4. The van der Waals surface area contributed by atoms with E-state index in [1.807, 2.05) is 4.90 Å². The molecular weight excluding hydrogens is 467 g/mol. The highest BCUT2D eigenvalue weighted by Crippen LogP contribution is 2.48. The number of hydrogen-bond acceptors (Lipinski definition) is 6. The number of hydrogen-bond donors (Lipinski definition) is 2. The van der Waals surface area contributed by atoms with Crippen molar-refractivity contribution >= 4 is 17.8 Å². The Hall–Kier alpha value is -3.20. The van der Waals surface area contributed by atoms with Gasteiger partial charge in [-0.15, -0.1) is 0 Å². The Balaban J connectivity index is 0.000000364. The zero-order chi connectivity index (χ0) is 25.5. The van der Waals surface area contributed by atoms with Gasteiger partial charge in [-0.25, -0.2) is 4.79 Å². The van der Waals surface area contributed by atoms with Crippen molar-refractivity contribution in [1.82, 2.24) is 14.8 Å². The van der Waals surface area contributed by atoms with Crippen LogP contribution in [0.25, 0.3) is 0 Å². The Bertz CT molecular complexity index is 1020. The maximum absolute atomic E-state index is 13.1. The van der Waals surface area contributed by atoms with Crippen LogP contribution < -0.4 is 5.73 Å². The Labute approximate surface area is 199 Å². The van der Waals surface area contributed by atoms with Crippen LogP contribution in [0, 0.1) is 23.2 Å². The lowest BCUT2D eigenvalue weighted by atomic mass is 9.84. The first-order valence-corrected chi connectivity index (χ1v) is 11.5. The van der Waals surface area contributed by atoms with Gasteiger partial charge in [-0.05, 0) is 62.5 Å². The van der Waals surface area contributed by atoms with Gasteiger partial charge in [0.15, 0.2) is 0 Å². The second-order valence-electron chi connectivity index (χ2n) is 9.59. The molecule has 1 aliphatic carbocycles. The Morgan fingerprint density at radius 2 is 1.77 bits per heavy atom. The van der Waals surface area contributed by atoms with Crippen molar-refractivity contribution in [1.29, 1.82) is 5.26 Å². The van der Waals surface area contributed by atoms with Gasteiger partial charge >= 0.3 is 12.1 Å². The monoisotopic (exact) mass is 493 g/mol. The summed E-state index contributed by atoms with van der Waals surface area (Å²) in [5, 5.41) is 16.5. The number of nitriles is 1. The van der Waals surface area contributed by atoms with E-state index in [0.717, 1.165) is 38.5 Å². The molecule has 2 amide bonds. The summed E-state index contributed by atoms with van der Waals surface area (Å²) in [6.45, 7) is 0. The molecule has 3 N–H and O–H groups in total. The summed E-state index contributed by atoms with van der Waals surface area (Å²) in [5.74, 6) is -2.22. The highest BCUT2D eigenvalue weighted by molar-refractivity contribution is 5.94. The van der Waals surface area contributed by atoms with E-state index in [2.05, 4.69) is 11.1 Å². The molecule has 1 aromatic heterocycles. The third-order valence-electron chi connectivity index (χ3n) is 7.46. The van der Waals surface area contributed by atoms with Crippen molar-refractivity contribution in [3.8, 4) is 6.07 Å². The van der Waals surface area contributed by atoms with Gasteiger partial charge in [0.2, 0.25) is 5.91 Å². The van der Waals surface area contributed by atoms with Crippen LogP contribution in [0.5, 0.6) is 0 Å². The summed E-state index contributed by atoms with van der Waals surface area (Å²) in [6, 6.07) is 5.47. The number of carbonyl (C=O) groups is 3. The number of carboxylic acid groups (broad SMARTS) is 1. The molecule has 12 heteroatoms. The molecule has 35 heavy (non-hydrogen) atoms. The number of aliphatic carboxylic acids is 1. The van der Waals surface area contributed by atoms with Gasteiger partial charge in [0, 0.05) is 30.5 Å². The van der Waals surface area contributed by atoms with Gasteiger partial charge in [-0.2, -0.15) is 18.4 Å². The van der Waals surface area contributed by atoms with E-state index >= 15 is 0 Å². The molecule has 0 radical (unpaired) electrons. The number of carboxylic acids is 1. The summed E-state index contributed by atoms with van der Waals surface area (Å²) in [4.78, 5) is 42.8. The molecule has 5 rings (SSSR count). The van der Waals surface area contributed by atoms with Crippen LogP contribution in [0.3, 0.4) is 0 Å². The van der Waals surface area contributed by atoms with E-state index in [1.165, 1.54) is 0 Å². The quantitative estimate of drug-likeness (QED) is 0.656. The number of nitrogens with two attached hydrogens (primary N) is 1. The van der Waals surface area contributed by atoms with Crippen LogP contribution in [0.15, 0.2) is 24.5 Å². The van der Waals surface area contributed by atoms with E-state index in [-0.39, 0.29) is 41.9 Å². The molecule has 4 heterocycles. The van der Waals surface area contributed by atoms with E-state index in [4.69, 9.17) is 15.6 Å². The minimum Gasteiger partial charge on any atom is -0.475 e. The summed E-state index contributed by atoms with van der Waals surface area (Å²) in [5.41, 5.74) is 7.06. The predicted octanol–water partition coefficient (Wildman–Crippen LogP) is 1.94. The molecule has 0 aromatic carbocycles. The molecule has 6 atom stereocenters. The van der Waals surface area contributed by atoms with Crippen LogP contribution in [-0.2, 0) is 9.59 Å². The van der Waals surface area contributed by atoms with Crippen LogP contribution >= 0.6 is 0 Å². The maximum atomic E-state index is 13.1. The number of piperidine rings is 2. The minimum atomic E-state index is -5.08. The lowest BCUT2D eigenvalue weighted by Gasteiger charge is -2.41. The van der Waals surface area contributed by atoms with Crippen molar-refractivity contribution in [3.05, 3.63) is 30.1 Å². The lowest BCUT2D eigenvalue weighted by Crippen LogP contribution is -2.55. The number of halogens is 3. The molecule has 188 valence electrons. The third kappa shape index (κ3) is 4.96. The largest absolute Gasteiger partial charge is 0.490 e. The fraction of sp³-hybridized carbons (Fsp3) is 0.609. The molecule has 0 spiro atoms. The zero-order valence-corrected chi connectivity index (χ0v) is 18.8. The molecule has 1 aromatic rings. The number of rotatable bonds is 3. The molecule has 9 nitrogen and oxygen atoms in total. The van der Waals surface area contributed by atoms with Crippen molar-refractivity contribution < 1.29 is 32.7 Å². The van der Waals surface area contributed by atoms with Crippen molar-refractivity contribution in [2.75, 3.05) is 0 Å². The summed E-state index contributed by atoms with van der Waals surface area (Å²) in [7, 11) is 0. The number of amides is 2. The van der Waals surface area contributed by atoms with Crippen molar-refractivity contribution in [2.45, 2.75) is 74.9 Å². The summed E-state index contributed by atoms with van der Waals surface area (Å²) in [6.07, 6.45) is 3.45. The number of fused-ring (bicyclic) bond motifs is 3. The average molecular weight is 493 g/mol. The number of aromatic nitrogens is 1. The minimum absolute atomic E-state index is 0.0313. The topological polar surface area (TPSA) is 141 Å². The van der Waals surface area contributed by atoms with Gasteiger partial charge in [0.05, 0.1) is 17.7 Å². The van der Waals surface area contributed by atoms with Gasteiger partial charge < -0.3 is 20.6 Å². The van der Waals surface area contributed by atoms with E-state index in [9.17, 15) is 28.0 Å². The van der Waals surface area contributed by atoms with Crippen molar-refractivity contribution in [3.63, 3.8) is 0 Å². The van der Waals surface area contributed by atoms with Crippen LogP contribution in [0.4, 0.5) is 13.2 Å². The SMILES string of the molecule is N#C[C@@H]1C[C@@H]2C[C@@H]2N1C(=O)[C@@H](N)C1CC2CCC(C1)N2C(=O)c1cccnc1.O=C(O)C(F)(F)F. The zero-order valence-electron chi connectivity index (χ0n) is 18.8. The second kappa shape index (κ2) is 9.45. The number of likely N-dealkylation sites (tertiary alicyclic amines) is 1. The van der Waals surface area contributed by atoms with E-state index < -0.39 is 18.2 Å². The first kappa shape index (κ1) is 24.9. The van der Waals surface area contributed by atoms with E-state index in [0.29, 0.717) is 11.5 Å². The molecule has 2 unspecified atom stereocenters. The Morgan fingerprint density at radius 3 is 2.29 bits per heavy atom. The highest BCUT2D eigenvalue weighted by Gasteiger charge is 2.56. The van der Waals surface area contributed by atoms with Crippen LogP contribution in [0.2, 0.25) is 0 Å². The smallest absolute Gasteiger partial charge is 0.475 e. The first-order valence-electron chi connectivity index (χ1n) is 11.5. The average Bonchev–Trinajstić information content (AvgIpc) is 3.42. The first-order chi connectivity index (χ1) is 16.5.